The number of phenolic OH excluding ortho intramolecular Hbond substituents is 1. The van der Waals surface area contributed by atoms with E-state index in [1.54, 1.807) is 32.9 Å². The van der Waals surface area contributed by atoms with Crippen molar-refractivity contribution in [2.75, 3.05) is 25.7 Å². The molecule has 3 amide bonds. The fourth-order valence-corrected chi connectivity index (χ4v) is 4.19. The van der Waals surface area contributed by atoms with Crippen molar-refractivity contribution >= 4 is 35.6 Å². The minimum absolute atomic E-state index is 0.00887. The first-order valence-electron chi connectivity index (χ1n) is 11.8. The maximum Gasteiger partial charge on any atom is 0.408 e. The molecule has 1 saturated carbocycles. The molecule has 1 aromatic rings. The Morgan fingerprint density at radius 3 is 2.31 bits per heavy atom. The molecule has 0 bridgehead atoms. The third-order valence-electron chi connectivity index (χ3n) is 5.65. The van der Waals surface area contributed by atoms with Gasteiger partial charge in [0.1, 0.15) is 30.0 Å². The van der Waals surface area contributed by atoms with E-state index in [0.717, 1.165) is 0 Å². The molecule has 0 aliphatic heterocycles. The Morgan fingerprint density at radius 2 is 1.81 bits per heavy atom. The molecule has 1 aliphatic rings. The summed E-state index contributed by atoms with van der Waals surface area (Å²) in [4.78, 5) is 53.1. The van der Waals surface area contributed by atoms with Gasteiger partial charge >= 0.3 is 12.1 Å². The summed E-state index contributed by atoms with van der Waals surface area (Å²) in [6.07, 6.45) is 2.20. The van der Waals surface area contributed by atoms with E-state index in [4.69, 9.17) is 4.74 Å². The van der Waals surface area contributed by atoms with Gasteiger partial charge in [0.2, 0.25) is 11.8 Å². The number of ether oxygens (including phenoxy) is 2. The second-order valence-electron chi connectivity index (χ2n) is 9.79. The van der Waals surface area contributed by atoms with Gasteiger partial charge in [-0.25, -0.2) is 4.79 Å². The maximum atomic E-state index is 14.0. The van der Waals surface area contributed by atoms with E-state index in [9.17, 15) is 24.3 Å². The predicted molar refractivity (Wildman–Crippen MR) is 136 cm³/mol. The van der Waals surface area contributed by atoms with E-state index in [-0.39, 0.29) is 24.3 Å². The molecule has 1 aliphatic carbocycles. The van der Waals surface area contributed by atoms with Crippen LogP contribution in [0.5, 0.6) is 5.75 Å². The van der Waals surface area contributed by atoms with E-state index >= 15 is 0 Å². The maximum absolute atomic E-state index is 14.0. The first-order valence-corrected chi connectivity index (χ1v) is 13.2. The van der Waals surface area contributed by atoms with E-state index in [0.29, 0.717) is 24.2 Å². The lowest BCUT2D eigenvalue weighted by atomic mass is 10.0. The predicted octanol–water partition coefficient (Wildman–Crippen LogP) is 2.61. The molecule has 200 valence electrons. The lowest BCUT2D eigenvalue weighted by Gasteiger charge is -2.35. The second-order valence-corrected chi connectivity index (χ2v) is 10.8. The van der Waals surface area contributed by atoms with Crippen LogP contribution in [0.2, 0.25) is 0 Å². The molecule has 0 aromatic heterocycles. The standard InChI is InChI=1S/C25H37N3O7S/c1-15-13-19(15)28(23(32)18(11-12-36-6)27-24(33)35-25(2,3)4)21(16-7-9-17(29)10-8-16)22(31)26-14-20(30)34-5/h7-10,15,18-19,21,29H,11-14H2,1-6H3,(H,26,31)(H,27,33). The summed E-state index contributed by atoms with van der Waals surface area (Å²) in [5.41, 5.74) is -0.284. The van der Waals surface area contributed by atoms with E-state index in [2.05, 4.69) is 15.4 Å². The van der Waals surface area contributed by atoms with Gasteiger partial charge in [0.25, 0.3) is 0 Å². The lowest BCUT2D eigenvalue weighted by molar-refractivity contribution is -0.145. The van der Waals surface area contributed by atoms with Crippen LogP contribution in [-0.4, -0.2) is 77.2 Å². The van der Waals surface area contributed by atoms with Crippen LogP contribution >= 0.6 is 11.8 Å². The Labute approximate surface area is 216 Å². The molecule has 3 N–H and O–H groups in total. The average Bonchev–Trinajstić information content (AvgIpc) is 3.53. The van der Waals surface area contributed by atoms with Gasteiger partial charge in [0, 0.05) is 6.04 Å². The molecule has 11 heteroatoms. The number of alkyl carbamates (subject to hydrolysis) is 1. The number of nitrogens with one attached hydrogen (secondary N) is 2. The first kappa shape index (κ1) is 29.3. The Kier molecular flexibility index (Phi) is 10.4. The minimum atomic E-state index is -1.09. The largest absolute Gasteiger partial charge is 0.508 e. The molecule has 0 radical (unpaired) electrons. The highest BCUT2D eigenvalue weighted by atomic mass is 32.2. The Hall–Kier alpha value is -2.95. The van der Waals surface area contributed by atoms with Crippen molar-refractivity contribution in [3.63, 3.8) is 0 Å². The van der Waals surface area contributed by atoms with E-state index < -0.39 is 41.6 Å². The van der Waals surface area contributed by atoms with Crippen LogP contribution in [0.3, 0.4) is 0 Å². The molecule has 0 heterocycles. The van der Waals surface area contributed by atoms with Crippen molar-refractivity contribution < 1.29 is 33.8 Å². The molecule has 10 nitrogen and oxygen atoms in total. The molecule has 0 saturated heterocycles. The van der Waals surface area contributed by atoms with E-state index in [1.165, 1.54) is 35.9 Å². The Morgan fingerprint density at radius 1 is 1.19 bits per heavy atom. The number of benzene rings is 1. The molecular formula is C25H37N3O7S. The number of thioether (sulfide) groups is 1. The Bertz CT molecular complexity index is 933. The van der Waals surface area contributed by atoms with Gasteiger partial charge in [-0.05, 0) is 69.2 Å². The molecule has 0 spiro atoms. The van der Waals surface area contributed by atoms with Crippen LogP contribution in [-0.2, 0) is 23.9 Å². The van der Waals surface area contributed by atoms with Crippen LogP contribution in [0, 0.1) is 5.92 Å². The number of carbonyl (C=O) groups is 4. The van der Waals surface area contributed by atoms with Crippen molar-refractivity contribution in [1.82, 2.24) is 15.5 Å². The van der Waals surface area contributed by atoms with E-state index in [1.807, 2.05) is 13.2 Å². The fraction of sp³-hybridized carbons (Fsp3) is 0.600. The Balaban J connectivity index is 2.44. The molecule has 4 unspecified atom stereocenters. The van der Waals surface area contributed by atoms with Gasteiger partial charge in [-0.2, -0.15) is 11.8 Å². The smallest absolute Gasteiger partial charge is 0.408 e. The lowest BCUT2D eigenvalue weighted by Crippen LogP contribution is -2.54. The van der Waals surface area contributed by atoms with Gasteiger partial charge in [0.05, 0.1) is 7.11 Å². The highest BCUT2D eigenvalue weighted by molar-refractivity contribution is 7.98. The molecule has 1 fully saturated rings. The number of aromatic hydroxyl groups is 1. The van der Waals surface area contributed by atoms with Crippen LogP contribution in [0.15, 0.2) is 24.3 Å². The monoisotopic (exact) mass is 523 g/mol. The minimum Gasteiger partial charge on any atom is -0.508 e. The third kappa shape index (κ3) is 8.61. The summed E-state index contributed by atoms with van der Waals surface area (Å²) >= 11 is 1.53. The van der Waals surface area contributed by atoms with Crippen molar-refractivity contribution in [1.29, 1.82) is 0 Å². The summed E-state index contributed by atoms with van der Waals surface area (Å²) < 4.78 is 9.99. The fourth-order valence-electron chi connectivity index (χ4n) is 3.72. The average molecular weight is 524 g/mol. The summed E-state index contributed by atoms with van der Waals surface area (Å²) in [7, 11) is 1.21. The van der Waals surface area contributed by atoms with Crippen molar-refractivity contribution in [3.05, 3.63) is 29.8 Å². The zero-order valence-corrected chi connectivity index (χ0v) is 22.5. The van der Waals surface area contributed by atoms with Crippen LogP contribution in [0.4, 0.5) is 4.79 Å². The zero-order valence-electron chi connectivity index (χ0n) is 21.7. The number of carbonyl (C=O) groups excluding carboxylic acids is 4. The van der Waals surface area contributed by atoms with Gasteiger partial charge in [0.15, 0.2) is 0 Å². The summed E-state index contributed by atoms with van der Waals surface area (Å²) in [6.45, 7) is 6.81. The van der Waals surface area contributed by atoms with Gasteiger partial charge in [-0.15, -0.1) is 0 Å². The molecular weight excluding hydrogens is 486 g/mol. The summed E-state index contributed by atoms with van der Waals surface area (Å²) in [5.74, 6) is -0.872. The highest BCUT2D eigenvalue weighted by Crippen LogP contribution is 2.41. The quantitative estimate of drug-likeness (QED) is 0.377. The molecule has 4 atom stereocenters. The third-order valence-corrected chi connectivity index (χ3v) is 6.29. The number of hydrogen-bond donors (Lipinski definition) is 3. The first-order chi connectivity index (χ1) is 16.9. The van der Waals surface area contributed by atoms with Crippen LogP contribution in [0.1, 0.15) is 52.1 Å². The zero-order chi connectivity index (χ0) is 27.0. The topological polar surface area (TPSA) is 134 Å². The van der Waals surface area contributed by atoms with Crippen LogP contribution in [0.25, 0.3) is 0 Å². The number of phenols is 1. The number of amides is 3. The molecule has 36 heavy (non-hydrogen) atoms. The second kappa shape index (κ2) is 12.8. The van der Waals surface area contributed by atoms with Crippen LogP contribution < -0.4 is 10.6 Å². The number of methoxy groups -OCH3 is 1. The van der Waals surface area contributed by atoms with Crippen molar-refractivity contribution in [2.24, 2.45) is 5.92 Å². The number of nitrogens with zero attached hydrogens (tertiary/aromatic N) is 1. The van der Waals surface area contributed by atoms with Gasteiger partial charge < -0.3 is 30.1 Å². The number of rotatable bonds is 11. The normalized spacial score (nSPS) is 18.4. The number of esters is 1. The highest BCUT2D eigenvalue weighted by Gasteiger charge is 2.48. The molecule has 2 rings (SSSR count). The summed E-state index contributed by atoms with van der Waals surface area (Å²) in [5, 5.41) is 15.0. The SMILES string of the molecule is COC(=O)CNC(=O)C(c1ccc(O)cc1)N(C(=O)C(CCSC)NC(=O)OC(C)(C)C)C1CC1C. The van der Waals surface area contributed by atoms with Crippen molar-refractivity contribution in [2.45, 2.75) is 64.3 Å². The van der Waals surface area contributed by atoms with Crippen molar-refractivity contribution in [3.8, 4) is 5.75 Å². The summed E-state index contributed by atoms with van der Waals surface area (Å²) in [6, 6.07) is 3.73. The van der Waals surface area contributed by atoms with Gasteiger partial charge in [-0.1, -0.05) is 19.1 Å². The molecule has 1 aromatic carbocycles. The number of hydrogen-bond acceptors (Lipinski definition) is 8. The van der Waals surface area contributed by atoms with Gasteiger partial charge in [-0.3, -0.25) is 14.4 Å².